The van der Waals surface area contributed by atoms with E-state index < -0.39 is 0 Å². The molecule has 21 heavy (non-hydrogen) atoms. The van der Waals surface area contributed by atoms with E-state index in [1.807, 2.05) is 0 Å². The Bertz CT molecular complexity index is 562. The van der Waals surface area contributed by atoms with Crippen LogP contribution >= 0.6 is 31.9 Å². The van der Waals surface area contributed by atoms with Gasteiger partial charge in [-0.15, -0.1) is 0 Å². The van der Waals surface area contributed by atoms with Crippen molar-refractivity contribution in [3.05, 3.63) is 46.4 Å². The third-order valence-corrected chi connectivity index (χ3v) is 5.70. The first-order valence-corrected chi connectivity index (χ1v) is 9.76. The lowest BCUT2D eigenvalue weighted by Crippen LogP contribution is -1.93. The second-order valence-corrected chi connectivity index (χ2v) is 7.67. The summed E-state index contributed by atoms with van der Waals surface area (Å²) in [6.45, 7) is 2.27. The van der Waals surface area contributed by atoms with Crippen LogP contribution in [0, 0.1) is 0 Å². The summed E-state index contributed by atoms with van der Waals surface area (Å²) in [5.74, 6) is 0. The van der Waals surface area contributed by atoms with Gasteiger partial charge in [0, 0.05) is 9.30 Å². The van der Waals surface area contributed by atoms with Crippen molar-refractivity contribution in [3.8, 4) is 0 Å². The molecule has 0 aliphatic heterocycles. The molecule has 0 aromatic heterocycles. The molecule has 2 rings (SSSR count). The van der Waals surface area contributed by atoms with Crippen molar-refractivity contribution >= 4 is 42.6 Å². The van der Waals surface area contributed by atoms with E-state index in [-0.39, 0.29) is 0 Å². The smallest absolute Gasteiger partial charge is 0.0401 e. The Morgan fingerprint density at radius 3 is 2.29 bits per heavy atom. The quantitative estimate of drug-likeness (QED) is 0.307. The molecule has 0 N–H and O–H groups in total. The molecule has 0 saturated carbocycles. The van der Waals surface area contributed by atoms with Gasteiger partial charge in [-0.25, -0.2) is 0 Å². The molecule has 0 aliphatic carbocycles. The molecule has 0 nitrogen and oxygen atoms in total. The Hall–Kier alpha value is -0.340. The van der Waals surface area contributed by atoms with Gasteiger partial charge in [0.2, 0.25) is 0 Å². The van der Waals surface area contributed by atoms with E-state index in [1.54, 1.807) is 0 Å². The maximum absolute atomic E-state index is 3.90. The third kappa shape index (κ3) is 4.82. The lowest BCUT2D eigenvalue weighted by Gasteiger charge is -2.14. The van der Waals surface area contributed by atoms with Gasteiger partial charge in [0.25, 0.3) is 0 Å². The highest BCUT2D eigenvalue weighted by atomic mass is 79.9. The normalized spacial score (nSPS) is 12.7. The molecule has 0 spiro atoms. The van der Waals surface area contributed by atoms with E-state index in [0.717, 1.165) is 0 Å². The van der Waals surface area contributed by atoms with Crippen molar-refractivity contribution in [3.63, 3.8) is 0 Å². The van der Waals surface area contributed by atoms with Crippen LogP contribution in [0.1, 0.15) is 62.3 Å². The number of benzene rings is 2. The van der Waals surface area contributed by atoms with Crippen LogP contribution in [-0.4, -0.2) is 0 Å². The van der Waals surface area contributed by atoms with Gasteiger partial charge >= 0.3 is 0 Å². The lowest BCUT2D eigenvalue weighted by atomic mass is 9.99. The van der Waals surface area contributed by atoms with Crippen LogP contribution in [0.4, 0.5) is 0 Å². The number of halogens is 2. The molecule has 1 unspecified atom stereocenters. The summed E-state index contributed by atoms with van der Waals surface area (Å²) < 4.78 is 1.18. The van der Waals surface area contributed by atoms with Gasteiger partial charge in [0.15, 0.2) is 0 Å². The van der Waals surface area contributed by atoms with Crippen molar-refractivity contribution in [2.45, 2.75) is 56.7 Å². The second kappa shape index (κ2) is 8.95. The molecule has 0 fully saturated rings. The zero-order valence-corrected chi connectivity index (χ0v) is 15.9. The zero-order chi connectivity index (χ0) is 15.1. The average Bonchev–Trinajstić information content (AvgIpc) is 2.51. The van der Waals surface area contributed by atoms with Crippen molar-refractivity contribution < 1.29 is 0 Å². The molecule has 0 heterocycles. The first-order chi connectivity index (χ1) is 10.2. The minimum absolute atomic E-state index is 0.460. The van der Waals surface area contributed by atoms with Crippen LogP contribution in [0.25, 0.3) is 10.8 Å². The molecular formula is C19H24Br2. The summed E-state index contributed by atoms with van der Waals surface area (Å²) in [6, 6.07) is 13.1. The SMILES string of the molecule is CCCCCCCCC(Br)c1ccc(Br)c2ccccc12. The number of alkyl halides is 1. The van der Waals surface area contributed by atoms with Crippen LogP contribution in [0.5, 0.6) is 0 Å². The van der Waals surface area contributed by atoms with Crippen molar-refractivity contribution in [2.75, 3.05) is 0 Å². The average molecular weight is 412 g/mol. The van der Waals surface area contributed by atoms with E-state index in [4.69, 9.17) is 0 Å². The van der Waals surface area contributed by atoms with Gasteiger partial charge in [-0.3, -0.25) is 0 Å². The molecule has 0 saturated heterocycles. The van der Waals surface area contributed by atoms with Gasteiger partial charge in [-0.05, 0) is 28.8 Å². The van der Waals surface area contributed by atoms with Gasteiger partial charge in [0.1, 0.15) is 0 Å². The number of unbranched alkanes of at least 4 members (excludes halogenated alkanes) is 5. The van der Waals surface area contributed by atoms with Crippen molar-refractivity contribution in [1.29, 1.82) is 0 Å². The predicted molar refractivity (Wildman–Crippen MR) is 101 cm³/mol. The lowest BCUT2D eigenvalue weighted by molar-refractivity contribution is 0.588. The van der Waals surface area contributed by atoms with E-state index in [9.17, 15) is 0 Å². The first-order valence-electron chi connectivity index (χ1n) is 8.05. The largest absolute Gasteiger partial charge is 0.0839 e. The van der Waals surface area contributed by atoms with Crippen LogP contribution < -0.4 is 0 Å². The minimum Gasteiger partial charge on any atom is -0.0839 e. The van der Waals surface area contributed by atoms with Crippen LogP contribution in [0.15, 0.2) is 40.9 Å². The highest BCUT2D eigenvalue weighted by molar-refractivity contribution is 9.10. The van der Waals surface area contributed by atoms with E-state index in [0.29, 0.717) is 4.83 Å². The zero-order valence-electron chi connectivity index (χ0n) is 12.7. The molecule has 2 heteroatoms. The summed E-state index contributed by atoms with van der Waals surface area (Å²) in [5, 5.41) is 2.67. The molecule has 2 aromatic carbocycles. The highest BCUT2D eigenvalue weighted by Crippen LogP contribution is 2.36. The van der Waals surface area contributed by atoms with Gasteiger partial charge < -0.3 is 0 Å². The van der Waals surface area contributed by atoms with Crippen LogP contribution in [0.2, 0.25) is 0 Å². The highest BCUT2D eigenvalue weighted by Gasteiger charge is 2.12. The van der Waals surface area contributed by atoms with Gasteiger partial charge in [0.05, 0.1) is 0 Å². The first kappa shape index (κ1) is 17.0. The summed E-state index contributed by atoms with van der Waals surface area (Å²) in [4.78, 5) is 0.460. The Morgan fingerprint density at radius 1 is 0.857 bits per heavy atom. The van der Waals surface area contributed by atoms with Crippen LogP contribution in [-0.2, 0) is 0 Å². The Balaban J connectivity index is 1.97. The minimum atomic E-state index is 0.460. The fraction of sp³-hybridized carbons (Fsp3) is 0.474. The molecule has 0 aliphatic rings. The van der Waals surface area contributed by atoms with Crippen LogP contribution in [0.3, 0.4) is 0 Å². The fourth-order valence-corrected chi connectivity index (χ4v) is 4.02. The summed E-state index contributed by atoms with van der Waals surface area (Å²) in [6.07, 6.45) is 9.37. The molecule has 2 aromatic rings. The van der Waals surface area contributed by atoms with Crippen molar-refractivity contribution in [2.24, 2.45) is 0 Å². The predicted octanol–water partition coefficient (Wildman–Crippen LogP) is 7.79. The van der Waals surface area contributed by atoms with E-state index in [1.165, 1.54) is 65.8 Å². The molecule has 0 radical (unpaired) electrons. The van der Waals surface area contributed by atoms with Gasteiger partial charge in [-0.2, -0.15) is 0 Å². The summed E-state index contributed by atoms with van der Waals surface area (Å²) >= 11 is 7.55. The number of hydrogen-bond donors (Lipinski definition) is 0. The monoisotopic (exact) mass is 410 g/mol. The van der Waals surface area contributed by atoms with E-state index in [2.05, 4.69) is 75.2 Å². The number of rotatable bonds is 8. The second-order valence-electron chi connectivity index (χ2n) is 5.71. The Labute approximate surface area is 145 Å². The fourth-order valence-electron chi connectivity index (χ4n) is 2.82. The van der Waals surface area contributed by atoms with E-state index >= 15 is 0 Å². The Kier molecular flexibility index (Phi) is 7.25. The Morgan fingerprint density at radius 2 is 1.52 bits per heavy atom. The molecule has 0 amide bonds. The van der Waals surface area contributed by atoms with Gasteiger partial charge in [-0.1, -0.05) is 108 Å². The maximum atomic E-state index is 3.90. The number of fused-ring (bicyclic) bond motifs is 1. The topological polar surface area (TPSA) is 0 Å². The molecule has 114 valence electrons. The molecule has 1 atom stereocenters. The maximum Gasteiger partial charge on any atom is 0.0401 e. The summed E-state index contributed by atoms with van der Waals surface area (Å²) in [7, 11) is 0. The third-order valence-electron chi connectivity index (χ3n) is 4.05. The molecular weight excluding hydrogens is 388 g/mol. The molecule has 0 bridgehead atoms. The van der Waals surface area contributed by atoms with Crippen molar-refractivity contribution in [1.82, 2.24) is 0 Å². The summed E-state index contributed by atoms with van der Waals surface area (Å²) in [5.41, 5.74) is 1.42. The standard InChI is InChI=1S/C19H24Br2/c1-2-3-4-5-6-7-12-18(20)17-13-14-19(21)16-11-9-8-10-15(16)17/h8-11,13-14,18H,2-7,12H2,1H3. The number of hydrogen-bond acceptors (Lipinski definition) is 0.